The largest absolute Gasteiger partial charge is 0.457 e. The summed E-state index contributed by atoms with van der Waals surface area (Å²) in [5, 5.41) is 10.7. The second-order valence-electron chi connectivity index (χ2n) is 7.48. The van der Waals surface area contributed by atoms with Crippen LogP contribution in [0.15, 0.2) is 60.9 Å². The SMILES string of the molecule is CC1(O)C(=O)N(c2cncc(Cc3cccc4c3COC4=O)c2)c2ccccc21. The summed E-state index contributed by atoms with van der Waals surface area (Å²) in [4.78, 5) is 30.6. The molecule has 144 valence electrons. The lowest BCUT2D eigenvalue weighted by Gasteiger charge is -2.20. The molecule has 2 aromatic carbocycles. The molecule has 0 spiro atoms. The van der Waals surface area contributed by atoms with Gasteiger partial charge in [-0.05, 0) is 42.7 Å². The quantitative estimate of drug-likeness (QED) is 0.699. The topological polar surface area (TPSA) is 79.7 Å². The number of hydrogen-bond acceptors (Lipinski definition) is 5. The number of carbonyl (C=O) groups is 2. The molecule has 1 unspecified atom stereocenters. The molecule has 1 atom stereocenters. The van der Waals surface area contributed by atoms with Crippen LogP contribution in [0.4, 0.5) is 11.4 Å². The van der Waals surface area contributed by atoms with Gasteiger partial charge in [0.2, 0.25) is 0 Å². The molecule has 6 heteroatoms. The summed E-state index contributed by atoms with van der Waals surface area (Å²) in [5.74, 6) is -0.701. The Hall–Kier alpha value is -3.51. The highest BCUT2D eigenvalue weighted by molar-refractivity contribution is 6.11. The summed E-state index contributed by atoms with van der Waals surface area (Å²) in [5.41, 5.74) is 3.63. The summed E-state index contributed by atoms with van der Waals surface area (Å²) >= 11 is 0. The van der Waals surface area contributed by atoms with Crippen LogP contribution in [0.2, 0.25) is 0 Å². The van der Waals surface area contributed by atoms with Gasteiger partial charge in [-0.1, -0.05) is 30.3 Å². The molecule has 1 aromatic heterocycles. The molecular formula is C23H18N2O4. The number of fused-ring (bicyclic) bond motifs is 2. The van der Waals surface area contributed by atoms with Crippen LogP contribution < -0.4 is 4.90 Å². The van der Waals surface area contributed by atoms with Gasteiger partial charge in [-0.2, -0.15) is 0 Å². The number of aromatic nitrogens is 1. The van der Waals surface area contributed by atoms with E-state index < -0.39 is 11.5 Å². The number of cyclic esters (lactones) is 1. The minimum absolute atomic E-state index is 0.276. The Kier molecular flexibility index (Phi) is 3.79. The van der Waals surface area contributed by atoms with Crippen molar-refractivity contribution in [3.05, 3.63) is 88.7 Å². The van der Waals surface area contributed by atoms with Gasteiger partial charge in [0, 0.05) is 17.3 Å². The zero-order valence-corrected chi connectivity index (χ0v) is 15.8. The summed E-state index contributed by atoms with van der Waals surface area (Å²) in [6.07, 6.45) is 3.91. The van der Waals surface area contributed by atoms with Gasteiger partial charge in [0.25, 0.3) is 5.91 Å². The Morgan fingerprint density at radius 2 is 1.97 bits per heavy atom. The van der Waals surface area contributed by atoms with E-state index in [-0.39, 0.29) is 12.6 Å². The Morgan fingerprint density at radius 1 is 1.14 bits per heavy atom. The number of ether oxygens (including phenoxy) is 1. The molecule has 1 N–H and O–H groups in total. The van der Waals surface area contributed by atoms with Crippen molar-refractivity contribution in [3.8, 4) is 0 Å². The van der Waals surface area contributed by atoms with E-state index in [1.54, 1.807) is 30.6 Å². The number of para-hydroxylation sites is 1. The highest BCUT2D eigenvalue weighted by Crippen LogP contribution is 2.43. The molecule has 2 aliphatic heterocycles. The monoisotopic (exact) mass is 386 g/mol. The highest BCUT2D eigenvalue weighted by atomic mass is 16.5. The average molecular weight is 386 g/mol. The number of carbonyl (C=O) groups excluding carboxylic acids is 2. The Labute approximate surface area is 167 Å². The van der Waals surface area contributed by atoms with E-state index in [0.717, 1.165) is 16.7 Å². The van der Waals surface area contributed by atoms with Crippen molar-refractivity contribution in [2.45, 2.75) is 25.6 Å². The summed E-state index contributed by atoms with van der Waals surface area (Å²) in [6, 6.07) is 14.7. The van der Waals surface area contributed by atoms with Crippen LogP contribution in [0.5, 0.6) is 0 Å². The summed E-state index contributed by atoms with van der Waals surface area (Å²) < 4.78 is 5.15. The third kappa shape index (κ3) is 2.64. The van der Waals surface area contributed by atoms with Crippen molar-refractivity contribution >= 4 is 23.3 Å². The minimum atomic E-state index is -1.58. The van der Waals surface area contributed by atoms with E-state index >= 15 is 0 Å². The molecule has 2 aliphatic rings. The van der Waals surface area contributed by atoms with Crippen LogP contribution in [0.3, 0.4) is 0 Å². The molecule has 0 fully saturated rings. The summed E-state index contributed by atoms with van der Waals surface area (Å²) in [7, 11) is 0. The second-order valence-corrected chi connectivity index (χ2v) is 7.48. The van der Waals surface area contributed by atoms with E-state index in [1.807, 2.05) is 30.3 Å². The lowest BCUT2D eigenvalue weighted by molar-refractivity contribution is -0.133. The maximum atomic E-state index is 12.9. The van der Waals surface area contributed by atoms with Gasteiger partial charge in [-0.15, -0.1) is 0 Å². The molecule has 0 radical (unpaired) electrons. The van der Waals surface area contributed by atoms with Crippen LogP contribution in [0.25, 0.3) is 0 Å². The fourth-order valence-corrected chi connectivity index (χ4v) is 4.07. The van der Waals surface area contributed by atoms with Gasteiger partial charge in [0.05, 0.1) is 23.1 Å². The molecule has 29 heavy (non-hydrogen) atoms. The molecular weight excluding hydrogens is 368 g/mol. The standard InChI is InChI=1S/C23H18N2O4/c1-23(28)19-7-2-3-8-20(19)25(22(23)27)16-10-14(11-24-12-16)9-15-5-4-6-17-18(15)13-29-21(17)26/h2-8,10-12,28H,9,13H2,1H3. The number of anilines is 2. The molecule has 1 amide bonds. The first-order valence-electron chi connectivity index (χ1n) is 9.35. The predicted octanol–water partition coefficient (Wildman–Crippen LogP) is 3.23. The van der Waals surface area contributed by atoms with Crippen LogP contribution >= 0.6 is 0 Å². The zero-order valence-electron chi connectivity index (χ0n) is 15.8. The number of benzene rings is 2. The number of hydrogen-bond donors (Lipinski definition) is 1. The maximum absolute atomic E-state index is 12.9. The third-order valence-electron chi connectivity index (χ3n) is 5.56. The number of amides is 1. The highest BCUT2D eigenvalue weighted by Gasteiger charge is 2.46. The lowest BCUT2D eigenvalue weighted by atomic mass is 9.98. The first kappa shape index (κ1) is 17.6. The molecule has 0 saturated carbocycles. The van der Waals surface area contributed by atoms with Gasteiger partial charge in [0.1, 0.15) is 6.61 Å². The first-order valence-corrected chi connectivity index (χ1v) is 9.35. The molecule has 0 saturated heterocycles. The van der Waals surface area contributed by atoms with Crippen molar-refractivity contribution < 1.29 is 19.4 Å². The molecule has 0 bridgehead atoms. The zero-order chi connectivity index (χ0) is 20.2. The minimum Gasteiger partial charge on any atom is -0.457 e. The number of esters is 1. The van der Waals surface area contributed by atoms with Crippen molar-refractivity contribution in [2.75, 3.05) is 4.90 Å². The Bertz CT molecular complexity index is 1170. The van der Waals surface area contributed by atoms with Gasteiger partial charge in [-0.25, -0.2) is 4.79 Å². The smallest absolute Gasteiger partial charge is 0.338 e. The lowest BCUT2D eigenvalue weighted by Crippen LogP contribution is -2.35. The number of aliphatic hydroxyl groups is 1. The van der Waals surface area contributed by atoms with Crippen LogP contribution in [-0.4, -0.2) is 22.0 Å². The molecule has 0 aliphatic carbocycles. The molecule has 3 heterocycles. The van der Waals surface area contributed by atoms with Gasteiger partial charge in [0.15, 0.2) is 5.60 Å². The normalized spacial score (nSPS) is 19.9. The van der Waals surface area contributed by atoms with Crippen molar-refractivity contribution in [3.63, 3.8) is 0 Å². The van der Waals surface area contributed by atoms with Crippen LogP contribution in [0, 0.1) is 0 Å². The Morgan fingerprint density at radius 3 is 2.83 bits per heavy atom. The van der Waals surface area contributed by atoms with Crippen molar-refractivity contribution in [1.82, 2.24) is 4.98 Å². The second kappa shape index (κ2) is 6.25. The predicted molar refractivity (Wildman–Crippen MR) is 106 cm³/mol. The van der Waals surface area contributed by atoms with E-state index in [9.17, 15) is 14.7 Å². The van der Waals surface area contributed by atoms with E-state index in [0.29, 0.717) is 28.9 Å². The van der Waals surface area contributed by atoms with Crippen LogP contribution in [0.1, 0.15) is 39.5 Å². The molecule has 6 nitrogen and oxygen atoms in total. The average Bonchev–Trinajstić information content (AvgIpc) is 3.19. The van der Waals surface area contributed by atoms with Gasteiger partial charge in [-0.3, -0.25) is 14.7 Å². The molecule has 5 rings (SSSR count). The number of rotatable bonds is 3. The molecule has 3 aromatic rings. The summed E-state index contributed by atoms with van der Waals surface area (Å²) in [6.45, 7) is 1.79. The fraction of sp³-hybridized carbons (Fsp3) is 0.174. The van der Waals surface area contributed by atoms with Gasteiger partial charge < -0.3 is 9.84 Å². The van der Waals surface area contributed by atoms with Gasteiger partial charge >= 0.3 is 5.97 Å². The maximum Gasteiger partial charge on any atom is 0.338 e. The van der Waals surface area contributed by atoms with Crippen molar-refractivity contribution in [1.29, 1.82) is 0 Å². The van der Waals surface area contributed by atoms with E-state index in [4.69, 9.17) is 4.74 Å². The number of pyridine rings is 1. The fourth-order valence-electron chi connectivity index (χ4n) is 4.07. The first-order chi connectivity index (χ1) is 14.0. The van der Waals surface area contributed by atoms with E-state index in [2.05, 4.69) is 4.98 Å². The number of nitrogens with zero attached hydrogens (tertiary/aromatic N) is 2. The van der Waals surface area contributed by atoms with Crippen molar-refractivity contribution in [2.24, 2.45) is 0 Å². The Balaban J connectivity index is 1.52. The van der Waals surface area contributed by atoms with Crippen LogP contribution in [-0.2, 0) is 28.2 Å². The van der Waals surface area contributed by atoms with E-state index in [1.165, 1.54) is 11.8 Å². The third-order valence-corrected chi connectivity index (χ3v) is 5.56.